The third-order valence-electron chi connectivity index (χ3n) is 5.79. The van der Waals surface area contributed by atoms with E-state index >= 15 is 0 Å². The smallest absolute Gasteiger partial charge is 0.227 e. The minimum atomic E-state index is -0.113. The molecule has 7 heteroatoms. The Morgan fingerprint density at radius 1 is 1.00 bits per heavy atom. The molecule has 0 bridgehead atoms. The van der Waals surface area contributed by atoms with E-state index in [9.17, 15) is 14.7 Å². The van der Waals surface area contributed by atoms with Crippen molar-refractivity contribution in [2.75, 3.05) is 18.4 Å². The summed E-state index contributed by atoms with van der Waals surface area (Å²) in [7, 11) is 0. The van der Waals surface area contributed by atoms with Crippen LogP contribution in [0.1, 0.15) is 30.7 Å². The van der Waals surface area contributed by atoms with Crippen LogP contribution in [0, 0.1) is 11.8 Å². The van der Waals surface area contributed by atoms with Gasteiger partial charge in [0.25, 0.3) is 0 Å². The number of carbonyl (C=O) groups is 2. The van der Waals surface area contributed by atoms with Crippen LogP contribution in [0.3, 0.4) is 0 Å². The molecule has 0 radical (unpaired) electrons. The molecule has 152 valence electrons. The molecule has 1 saturated heterocycles. The predicted molar refractivity (Wildman–Crippen MR) is 113 cm³/mol. The zero-order valence-corrected chi connectivity index (χ0v) is 17.3. The van der Waals surface area contributed by atoms with Gasteiger partial charge in [-0.25, -0.2) is 0 Å². The zero-order valence-electron chi connectivity index (χ0n) is 15.8. The number of hydrogen-bond donors (Lipinski definition) is 2. The Bertz CT molecular complexity index is 924. The summed E-state index contributed by atoms with van der Waals surface area (Å²) >= 11 is 12.1. The largest absolute Gasteiger partial charge is 0.508 e. The van der Waals surface area contributed by atoms with Gasteiger partial charge in [-0.1, -0.05) is 29.3 Å². The van der Waals surface area contributed by atoms with E-state index in [2.05, 4.69) is 5.32 Å². The fourth-order valence-corrected chi connectivity index (χ4v) is 4.27. The first-order chi connectivity index (χ1) is 13.9. The number of benzene rings is 2. The molecule has 1 saturated carbocycles. The van der Waals surface area contributed by atoms with Gasteiger partial charge in [-0.2, -0.15) is 0 Å². The van der Waals surface area contributed by atoms with E-state index in [1.807, 2.05) is 17.0 Å². The van der Waals surface area contributed by atoms with E-state index in [1.165, 1.54) is 12.1 Å². The number of likely N-dealkylation sites (tertiary alicyclic amines) is 1. The Hall–Kier alpha value is -2.24. The number of phenolic OH excluding ortho intramolecular Hbond substituents is 1. The Balaban J connectivity index is 1.28. The minimum Gasteiger partial charge on any atom is -0.508 e. The number of carbonyl (C=O) groups excluding carboxylic acids is 2. The standard InChI is InChI=1S/C22H22Cl2N2O3/c23-19-6-1-14(11-20(19)24)17-12-18(17)22(29)26-9-7-13(8-10-26)21(28)25-15-2-4-16(27)5-3-15/h1-6,11,13,17-18,27H,7-10,12H2,(H,25,28). The van der Waals surface area contributed by atoms with Crippen LogP contribution in [-0.2, 0) is 9.59 Å². The fraction of sp³-hybridized carbons (Fsp3) is 0.364. The summed E-state index contributed by atoms with van der Waals surface area (Å²) in [5.74, 6) is 0.371. The van der Waals surface area contributed by atoms with Crippen molar-refractivity contribution in [2.24, 2.45) is 11.8 Å². The van der Waals surface area contributed by atoms with Crippen LogP contribution in [0.4, 0.5) is 5.69 Å². The van der Waals surface area contributed by atoms with Gasteiger partial charge in [0.15, 0.2) is 0 Å². The Morgan fingerprint density at radius 2 is 1.69 bits per heavy atom. The van der Waals surface area contributed by atoms with Gasteiger partial charge >= 0.3 is 0 Å². The molecule has 1 aliphatic carbocycles. The highest BCUT2D eigenvalue weighted by Gasteiger charge is 2.46. The molecule has 5 nitrogen and oxygen atoms in total. The van der Waals surface area contributed by atoms with Crippen LogP contribution in [0.5, 0.6) is 5.75 Å². The molecule has 0 spiro atoms. The summed E-state index contributed by atoms with van der Waals surface area (Å²) in [5.41, 5.74) is 1.72. The normalized spacial score (nSPS) is 21.7. The summed E-state index contributed by atoms with van der Waals surface area (Å²) in [4.78, 5) is 27.2. The molecule has 0 aromatic heterocycles. The Labute approximate surface area is 179 Å². The van der Waals surface area contributed by atoms with Crippen molar-refractivity contribution in [1.29, 1.82) is 0 Å². The molecule has 2 amide bonds. The average molecular weight is 433 g/mol. The van der Waals surface area contributed by atoms with Gasteiger partial charge in [-0.15, -0.1) is 0 Å². The number of amides is 2. The second-order valence-corrected chi connectivity index (χ2v) is 8.57. The number of phenols is 1. The van der Waals surface area contributed by atoms with Crippen LogP contribution in [0.25, 0.3) is 0 Å². The second-order valence-electron chi connectivity index (χ2n) is 7.76. The molecule has 2 aromatic carbocycles. The number of piperidine rings is 1. The number of nitrogens with zero attached hydrogens (tertiary/aromatic N) is 1. The van der Waals surface area contributed by atoms with Gasteiger partial charge in [0.1, 0.15) is 5.75 Å². The molecule has 29 heavy (non-hydrogen) atoms. The summed E-state index contributed by atoms with van der Waals surface area (Å²) < 4.78 is 0. The van der Waals surface area contributed by atoms with E-state index in [1.54, 1.807) is 18.2 Å². The van der Waals surface area contributed by atoms with Gasteiger partial charge in [-0.3, -0.25) is 9.59 Å². The Morgan fingerprint density at radius 3 is 2.34 bits per heavy atom. The van der Waals surface area contributed by atoms with Crippen LogP contribution < -0.4 is 5.32 Å². The first-order valence-corrected chi connectivity index (χ1v) is 10.5. The summed E-state index contributed by atoms with van der Waals surface area (Å²) in [5, 5.41) is 13.2. The highest BCUT2D eigenvalue weighted by molar-refractivity contribution is 6.42. The SMILES string of the molecule is O=C(Nc1ccc(O)cc1)C1CCN(C(=O)C2CC2c2ccc(Cl)c(Cl)c2)CC1. The fourth-order valence-electron chi connectivity index (χ4n) is 3.96. The summed E-state index contributed by atoms with van der Waals surface area (Å²) in [6, 6.07) is 12.0. The second kappa shape index (κ2) is 8.25. The van der Waals surface area contributed by atoms with Crippen molar-refractivity contribution < 1.29 is 14.7 Å². The van der Waals surface area contributed by atoms with Crippen LogP contribution in [0.15, 0.2) is 42.5 Å². The molecule has 1 aliphatic heterocycles. The number of halogens is 2. The molecular weight excluding hydrogens is 411 g/mol. The molecule has 2 aromatic rings. The van der Waals surface area contributed by atoms with Crippen molar-refractivity contribution >= 4 is 40.7 Å². The van der Waals surface area contributed by atoms with Crippen molar-refractivity contribution in [1.82, 2.24) is 4.90 Å². The lowest BCUT2D eigenvalue weighted by molar-refractivity contribution is -0.135. The Kier molecular flexibility index (Phi) is 5.70. The zero-order chi connectivity index (χ0) is 20.5. The lowest BCUT2D eigenvalue weighted by atomic mass is 9.95. The summed E-state index contributed by atoms with van der Waals surface area (Å²) in [6.45, 7) is 1.19. The van der Waals surface area contributed by atoms with Gasteiger partial charge in [0, 0.05) is 30.6 Å². The molecular formula is C22H22Cl2N2O3. The molecule has 1 heterocycles. The minimum absolute atomic E-state index is 0.00499. The van der Waals surface area contributed by atoms with Crippen molar-refractivity contribution in [3.05, 3.63) is 58.1 Å². The van der Waals surface area contributed by atoms with Crippen molar-refractivity contribution in [3.8, 4) is 5.75 Å². The lowest BCUT2D eigenvalue weighted by Crippen LogP contribution is -2.42. The van der Waals surface area contributed by atoms with E-state index in [4.69, 9.17) is 23.2 Å². The molecule has 2 N–H and O–H groups in total. The first kappa shape index (κ1) is 20.0. The van der Waals surface area contributed by atoms with E-state index in [0.29, 0.717) is 41.7 Å². The first-order valence-electron chi connectivity index (χ1n) is 9.76. The molecule has 2 unspecified atom stereocenters. The van der Waals surface area contributed by atoms with Crippen LogP contribution in [0.2, 0.25) is 10.0 Å². The summed E-state index contributed by atoms with van der Waals surface area (Å²) in [6.07, 6.45) is 2.14. The highest BCUT2D eigenvalue weighted by atomic mass is 35.5. The van der Waals surface area contributed by atoms with Crippen LogP contribution in [-0.4, -0.2) is 34.9 Å². The number of anilines is 1. The van der Waals surface area contributed by atoms with Crippen molar-refractivity contribution in [3.63, 3.8) is 0 Å². The predicted octanol–water partition coefficient (Wildman–Crippen LogP) is 4.68. The number of hydrogen-bond acceptors (Lipinski definition) is 3. The maximum Gasteiger partial charge on any atom is 0.227 e. The van der Waals surface area contributed by atoms with Gasteiger partial charge < -0.3 is 15.3 Å². The van der Waals surface area contributed by atoms with Gasteiger partial charge in [0.05, 0.1) is 10.0 Å². The van der Waals surface area contributed by atoms with Gasteiger partial charge in [0.2, 0.25) is 11.8 Å². The van der Waals surface area contributed by atoms with E-state index < -0.39 is 0 Å². The van der Waals surface area contributed by atoms with Crippen LogP contribution >= 0.6 is 23.2 Å². The quantitative estimate of drug-likeness (QED) is 0.688. The number of nitrogens with one attached hydrogen (secondary N) is 1. The average Bonchev–Trinajstić information content (AvgIpc) is 3.52. The molecule has 2 aliphatic rings. The van der Waals surface area contributed by atoms with E-state index in [0.717, 1.165) is 12.0 Å². The third-order valence-corrected chi connectivity index (χ3v) is 6.53. The van der Waals surface area contributed by atoms with E-state index in [-0.39, 0.29) is 35.3 Å². The molecule has 2 fully saturated rings. The number of aromatic hydroxyl groups is 1. The van der Waals surface area contributed by atoms with Gasteiger partial charge in [-0.05, 0) is 67.1 Å². The molecule has 4 rings (SSSR count). The van der Waals surface area contributed by atoms with Crippen molar-refractivity contribution in [2.45, 2.75) is 25.2 Å². The highest BCUT2D eigenvalue weighted by Crippen LogP contribution is 2.49. The lowest BCUT2D eigenvalue weighted by Gasteiger charge is -2.31. The topological polar surface area (TPSA) is 69.6 Å². The monoisotopic (exact) mass is 432 g/mol. The molecule has 2 atom stereocenters. The third kappa shape index (κ3) is 4.51. The maximum absolute atomic E-state index is 12.8. The maximum atomic E-state index is 12.8. The number of rotatable bonds is 4.